The molecular weight excluding hydrogens is 409 g/mol. The molecule has 0 spiro atoms. The van der Waals surface area contributed by atoms with Crippen molar-refractivity contribution in [2.75, 3.05) is 18.4 Å². The lowest BCUT2D eigenvalue weighted by Gasteiger charge is -2.19. The van der Waals surface area contributed by atoms with Gasteiger partial charge in [0.25, 0.3) is 5.91 Å². The minimum absolute atomic E-state index is 0.0514. The fourth-order valence-electron chi connectivity index (χ4n) is 3.40. The number of amides is 1. The monoisotopic (exact) mass is 427 g/mol. The predicted octanol–water partition coefficient (Wildman–Crippen LogP) is 4.98. The van der Waals surface area contributed by atoms with E-state index in [1.165, 1.54) is 12.1 Å². The second kappa shape index (κ2) is 7.64. The van der Waals surface area contributed by atoms with Crippen molar-refractivity contribution < 1.29 is 9.18 Å². The zero-order valence-electron chi connectivity index (χ0n) is 14.7. The molecule has 1 N–H and O–H groups in total. The Labute approximate surface area is 165 Å². The first kappa shape index (κ1) is 17.9. The van der Waals surface area contributed by atoms with Crippen LogP contribution in [0.4, 0.5) is 10.1 Å². The first-order chi connectivity index (χ1) is 13.1. The van der Waals surface area contributed by atoms with Crippen LogP contribution in [0.1, 0.15) is 28.8 Å². The number of benzene rings is 2. The van der Waals surface area contributed by atoms with Crippen LogP contribution in [0.25, 0.3) is 10.9 Å². The van der Waals surface area contributed by atoms with Gasteiger partial charge in [-0.05, 0) is 48.7 Å². The maximum Gasteiger partial charge on any atom is 0.257 e. The number of rotatable bonds is 4. The van der Waals surface area contributed by atoms with Gasteiger partial charge >= 0.3 is 0 Å². The summed E-state index contributed by atoms with van der Waals surface area (Å²) in [5.74, 6) is -0.397. The highest BCUT2D eigenvalue weighted by Gasteiger charge is 2.23. The van der Waals surface area contributed by atoms with Gasteiger partial charge in [-0.2, -0.15) is 0 Å². The molecule has 138 valence electrons. The average Bonchev–Trinajstić information content (AvgIpc) is 3.21. The van der Waals surface area contributed by atoms with Gasteiger partial charge in [0.1, 0.15) is 5.82 Å². The lowest BCUT2D eigenvalue weighted by Crippen LogP contribution is -2.28. The van der Waals surface area contributed by atoms with E-state index in [-0.39, 0.29) is 11.7 Å². The topological polar surface area (TPSA) is 45.2 Å². The Morgan fingerprint density at radius 1 is 1.15 bits per heavy atom. The van der Waals surface area contributed by atoms with Crippen molar-refractivity contribution in [2.45, 2.75) is 19.4 Å². The van der Waals surface area contributed by atoms with Crippen LogP contribution < -0.4 is 5.32 Å². The summed E-state index contributed by atoms with van der Waals surface area (Å²) in [6.45, 7) is 2.04. The summed E-state index contributed by atoms with van der Waals surface area (Å²) in [6, 6.07) is 12.4. The maximum absolute atomic E-state index is 13.9. The molecule has 0 bridgehead atoms. The molecule has 1 aromatic heterocycles. The number of nitrogens with zero attached hydrogens (tertiary/aromatic N) is 2. The van der Waals surface area contributed by atoms with Crippen molar-refractivity contribution >= 4 is 38.4 Å². The summed E-state index contributed by atoms with van der Waals surface area (Å²) in [5.41, 5.74) is 2.86. The van der Waals surface area contributed by atoms with Gasteiger partial charge in [0.05, 0.1) is 16.8 Å². The van der Waals surface area contributed by atoms with Gasteiger partial charge in [-0.1, -0.05) is 28.1 Å². The summed E-state index contributed by atoms with van der Waals surface area (Å²) in [6.07, 6.45) is 3.64. The van der Waals surface area contributed by atoms with Gasteiger partial charge in [0.15, 0.2) is 0 Å². The first-order valence-corrected chi connectivity index (χ1v) is 9.77. The van der Waals surface area contributed by atoms with Crippen LogP contribution in [0.2, 0.25) is 0 Å². The van der Waals surface area contributed by atoms with Crippen molar-refractivity contribution in [2.24, 2.45) is 0 Å². The molecule has 0 saturated carbocycles. The molecule has 1 saturated heterocycles. The molecule has 3 aromatic rings. The quantitative estimate of drug-likeness (QED) is 0.637. The van der Waals surface area contributed by atoms with Gasteiger partial charge < -0.3 is 10.2 Å². The van der Waals surface area contributed by atoms with E-state index >= 15 is 0 Å². The molecule has 2 aromatic carbocycles. The van der Waals surface area contributed by atoms with Crippen LogP contribution >= 0.6 is 15.9 Å². The van der Waals surface area contributed by atoms with Gasteiger partial charge in [-0.15, -0.1) is 0 Å². The van der Waals surface area contributed by atoms with Crippen molar-refractivity contribution in [1.82, 2.24) is 9.88 Å². The van der Waals surface area contributed by atoms with Crippen molar-refractivity contribution in [3.8, 4) is 0 Å². The van der Waals surface area contributed by atoms with Crippen LogP contribution in [0.5, 0.6) is 0 Å². The van der Waals surface area contributed by atoms with Gasteiger partial charge in [0, 0.05) is 35.7 Å². The molecule has 1 fully saturated rings. The molecule has 1 amide bonds. The summed E-state index contributed by atoms with van der Waals surface area (Å²) >= 11 is 3.43. The number of anilines is 1. The Bertz CT molecular complexity index is 985. The normalized spacial score (nSPS) is 13.9. The van der Waals surface area contributed by atoms with E-state index in [4.69, 9.17) is 0 Å². The first-order valence-electron chi connectivity index (χ1n) is 8.98. The van der Waals surface area contributed by atoms with Crippen LogP contribution in [0.3, 0.4) is 0 Å². The van der Waals surface area contributed by atoms with E-state index < -0.39 is 0 Å². The Kier molecular flexibility index (Phi) is 5.07. The molecule has 0 unspecified atom stereocenters. The SMILES string of the molecule is O=C(c1cnc2ccc(F)cc2c1NCc1ccc(Br)cc1)N1CCCC1. The van der Waals surface area contributed by atoms with Gasteiger partial charge in [0.2, 0.25) is 0 Å². The van der Waals surface area contributed by atoms with E-state index in [0.717, 1.165) is 36.0 Å². The van der Waals surface area contributed by atoms with E-state index in [1.807, 2.05) is 29.2 Å². The standard InChI is InChI=1S/C21H19BrFN3O/c22-15-5-3-14(4-6-15)12-25-20-17-11-16(23)7-8-19(17)24-13-18(20)21(27)26-9-1-2-10-26/h3-8,11,13H,1-2,9-10,12H2,(H,24,25). The zero-order valence-corrected chi connectivity index (χ0v) is 16.3. The van der Waals surface area contributed by atoms with Crippen molar-refractivity contribution in [1.29, 1.82) is 0 Å². The Hall–Kier alpha value is -2.47. The van der Waals surface area contributed by atoms with Crippen molar-refractivity contribution in [3.05, 3.63) is 70.1 Å². The molecule has 0 radical (unpaired) electrons. The van der Waals surface area contributed by atoms with E-state index in [2.05, 4.69) is 26.2 Å². The number of carbonyl (C=O) groups is 1. The number of likely N-dealkylation sites (tertiary alicyclic amines) is 1. The highest BCUT2D eigenvalue weighted by Crippen LogP contribution is 2.29. The number of aromatic nitrogens is 1. The average molecular weight is 428 g/mol. The highest BCUT2D eigenvalue weighted by atomic mass is 79.9. The summed E-state index contributed by atoms with van der Waals surface area (Å²) < 4.78 is 14.9. The lowest BCUT2D eigenvalue weighted by molar-refractivity contribution is 0.0793. The molecule has 1 aliphatic heterocycles. The molecule has 4 nitrogen and oxygen atoms in total. The number of fused-ring (bicyclic) bond motifs is 1. The maximum atomic E-state index is 13.9. The fourth-order valence-corrected chi connectivity index (χ4v) is 3.67. The molecular formula is C21H19BrFN3O. The third-order valence-electron chi connectivity index (χ3n) is 4.84. The number of hydrogen-bond donors (Lipinski definition) is 1. The molecule has 27 heavy (non-hydrogen) atoms. The Morgan fingerprint density at radius 3 is 2.63 bits per heavy atom. The lowest BCUT2D eigenvalue weighted by atomic mass is 10.1. The summed E-state index contributed by atoms with van der Waals surface area (Å²) in [5, 5.41) is 3.98. The van der Waals surface area contributed by atoms with E-state index in [1.54, 1.807) is 12.3 Å². The van der Waals surface area contributed by atoms with Crippen LogP contribution in [-0.4, -0.2) is 28.9 Å². The number of pyridine rings is 1. The van der Waals surface area contributed by atoms with Crippen LogP contribution in [0, 0.1) is 5.82 Å². The number of carbonyl (C=O) groups excluding carboxylic acids is 1. The molecule has 2 heterocycles. The van der Waals surface area contributed by atoms with Crippen LogP contribution in [0.15, 0.2) is 53.1 Å². The second-order valence-corrected chi connectivity index (χ2v) is 7.60. The van der Waals surface area contributed by atoms with E-state index in [9.17, 15) is 9.18 Å². The van der Waals surface area contributed by atoms with E-state index in [0.29, 0.717) is 28.7 Å². The van der Waals surface area contributed by atoms with Crippen molar-refractivity contribution in [3.63, 3.8) is 0 Å². The molecule has 1 aliphatic rings. The molecule has 4 rings (SSSR count). The molecule has 0 aliphatic carbocycles. The van der Waals surface area contributed by atoms with Gasteiger partial charge in [-0.3, -0.25) is 9.78 Å². The number of nitrogens with one attached hydrogen (secondary N) is 1. The fraction of sp³-hybridized carbons (Fsp3) is 0.238. The zero-order chi connectivity index (χ0) is 18.8. The second-order valence-electron chi connectivity index (χ2n) is 6.69. The smallest absolute Gasteiger partial charge is 0.257 e. The number of hydrogen-bond acceptors (Lipinski definition) is 3. The minimum atomic E-state index is -0.346. The minimum Gasteiger partial charge on any atom is -0.380 e. The third kappa shape index (κ3) is 3.81. The third-order valence-corrected chi connectivity index (χ3v) is 5.36. The summed E-state index contributed by atoms with van der Waals surface area (Å²) in [4.78, 5) is 19.2. The Balaban J connectivity index is 1.73. The molecule has 0 atom stereocenters. The summed E-state index contributed by atoms with van der Waals surface area (Å²) in [7, 11) is 0. The number of halogens is 2. The largest absolute Gasteiger partial charge is 0.380 e. The molecule has 6 heteroatoms. The van der Waals surface area contributed by atoms with Gasteiger partial charge in [-0.25, -0.2) is 4.39 Å². The van der Waals surface area contributed by atoms with Crippen LogP contribution in [-0.2, 0) is 6.54 Å². The highest BCUT2D eigenvalue weighted by molar-refractivity contribution is 9.10. The predicted molar refractivity (Wildman–Crippen MR) is 108 cm³/mol. The Morgan fingerprint density at radius 2 is 1.89 bits per heavy atom.